The average molecular weight is 254 g/mol. The maximum atomic E-state index is 12.4. The molecule has 2 aliphatic rings. The molecule has 4 nitrogen and oxygen atoms in total. The minimum atomic E-state index is -0.250. The summed E-state index contributed by atoms with van der Waals surface area (Å²) in [5.41, 5.74) is 6.11. The molecule has 0 aromatic heterocycles. The summed E-state index contributed by atoms with van der Waals surface area (Å²) in [6, 6.07) is 0. The van der Waals surface area contributed by atoms with Crippen LogP contribution in [0.15, 0.2) is 0 Å². The molecule has 1 saturated heterocycles. The van der Waals surface area contributed by atoms with Gasteiger partial charge in [-0.1, -0.05) is 19.3 Å². The molecule has 4 heteroatoms. The molecule has 1 saturated carbocycles. The Kier molecular flexibility index (Phi) is 4.28. The number of rotatable bonds is 2. The van der Waals surface area contributed by atoms with E-state index in [9.17, 15) is 4.79 Å². The van der Waals surface area contributed by atoms with Gasteiger partial charge >= 0.3 is 0 Å². The van der Waals surface area contributed by atoms with Gasteiger partial charge in [0.2, 0.25) is 5.91 Å². The van der Waals surface area contributed by atoms with Crippen LogP contribution in [0.5, 0.6) is 0 Å². The fourth-order valence-corrected chi connectivity index (χ4v) is 3.23. The molecule has 2 unspecified atom stereocenters. The van der Waals surface area contributed by atoms with Crippen LogP contribution >= 0.6 is 0 Å². The molecule has 2 atom stereocenters. The van der Waals surface area contributed by atoms with Crippen LogP contribution in [0.2, 0.25) is 0 Å². The van der Waals surface area contributed by atoms with E-state index < -0.39 is 0 Å². The molecule has 104 valence electrons. The van der Waals surface area contributed by atoms with E-state index in [2.05, 4.69) is 0 Å². The maximum Gasteiger partial charge on any atom is 0.224 e. The van der Waals surface area contributed by atoms with Crippen LogP contribution in [0.3, 0.4) is 0 Å². The maximum absolute atomic E-state index is 12.4. The number of carbonyl (C=O) groups excluding carboxylic acids is 1. The van der Waals surface area contributed by atoms with Crippen LogP contribution in [0.1, 0.15) is 52.4 Å². The molecule has 1 heterocycles. The van der Waals surface area contributed by atoms with Crippen LogP contribution in [-0.2, 0) is 9.53 Å². The monoisotopic (exact) mass is 254 g/mol. The van der Waals surface area contributed by atoms with Crippen LogP contribution < -0.4 is 5.73 Å². The minimum Gasteiger partial charge on any atom is -0.372 e. The Morgan fingerprint density at radius 2 is 1.78 bits per heavy atom. The van der Waals surface area contributed by atoms with Crippen LogP contribution in [0, 0.1) is 0 Å². The summed E-state index contributed by atoms with van der Waals surface area (Å²) in [4.78, 5) is 14.3. The lowest BCUT2D eigenvalue weighted by atomic mass is 9.80. The lowest BCUT2D eigenvalue weighted by Gasteiger charge is -2.39. The van der Waals surface area contributed by atoms with E-state index >= 15 is 0 Å². The van der Waals surface area contributed by atoms with Crippen molar-refractivity contribution < 1.29 is 9.53 Å². The van der Waals surface area contributed by atoms with Gasteiger partial charge in [0.05, 0.1) is 12.2 Å². The zero-order chi connectivity index (χ0) is 13.2. The van der Waals surface area contributed by atoms with Crippen molar-refractivity contribution in [3.05, 3.63) is 0 Å². The van der Waals surface area contributed by atoms with Crippen LogP contribution in [-0.4, -0.2) is 41.6 Å². The lowest BCUT2D eigenvalue weighted by Crippen LogP contribution is -2.52. The topological polar surface area (TPSA) is 55.6 Å². The van der Waals surface area contributed by atoms with Crippen molar-refractivity contribution in [3.63, 3.8) is 0 Å². The van der Waals surface area contributed by atoms with Gasteiger partial charge in [0.15, 0.2) is 0 Å². The summed E-state index contributed by atoms with van der Waals surface area (Å²) < 4.78 is 5.66. The van der Waals surface area contributed by atoms with Gasteiger partial charge in [-0.25, -0.2) is 0 Å². The predicted octanol–water partition coefficient (Wildman–Crippen LogP) is 1.67. The Morgan fingerprint density at radius 3 is 2.33 bits per heavy atom. The van der Waals surface area contributed by atoms with Crippen molar-refractivity contribution in [2.24, 2.45) is 5.73 Å². The standard InChI is InChI=1S/C14H26N2O2/c1-11-9-16(10-12(2)18-11)13(17)8-14(15)6-4-3-5-7-14/h11-12H,3-10,15H2,1-2H3. The summed E-state index contributed by atoms with van der Waals surface area (Å²) in [7, 11) is 0. The van der Waals surface area contributed by atoms with E-state index in [1.165, 1.54) is 19.3 Å². The van der Waals surface area contributed by atoms with Crippen molar-refractivity contribution in [2.75, 3.05) is 13.1 Å². The highest BCUT2D eigenvalue weighted by molar-refractivity contribution is 5.77. The number of carbonyl (C=O) groups is 1. The first-order valence-corrected chi connectivity index (χ1v) is 7.21. The Morgan fingerprint density at radius 1 is 1.22 bits per heavy atom. The van der Waals surface area contributed by atoms with E-state index in [-0.39, 0.29) is 23.7 Å². The molecule has 0 aromatic rings. The Bertz CT molecular complexity index is 290. The minimum absolute atomic E-state index is 0.137. The van der Waals surface area contributed by atoms with Crippen molar-refractivity contribution in [2.45, 2.75) is 70.1 Å². The first-order chi connectivity index (χ1) is 8.48. The van der Waals surface area contributed by atoms with Gasteiger partial charge in [-0.15, -0.1) is 0 Å². The number of nitrogens with two attached hydrogens (primary N) is 1. The van der Waals surface area contributed by atoms with Gasteiger partial charge in [0.1, 0.15) is 0 Å². The largest absolute Gasteiger partial charge is 0.372 e. The van der Waals surface area contributed by atoms with Gasteiger partial charge in [0, 0.05) is 25.0 Å². The molecule has 0 spiro atoms. The SMILES string of the molecule is CC1CN(C(=O)CC2(N)CCCCC2)CC(C)O1. The summed E-state index contributed by atoms with van der Waals surface area (Å²) in [6.45, 7) is 5.46. The molecule has 1 amide bonds. The molecule has 2 rings (SSSR count). The number of nitrogens with zero attached hydrogens (tertiary/aromatic N) is 1. The summed E-state index contributed by atoms with van der Waals surface area (Å²) in [5, 5.41) is 0. The Hall–Kier alpha value is -0.610. The third kappa shape index (κ3) is 3.45. The molecule has 2 N–H and O–H groups in total. The molecule has 0 radical (unpaired) electrons. The highest BCUT2D eigenvalue weighted by atomic mass is 16.5. The smallest absolute Gasteiger partial charge is 0.224 e. The summed E-state index contributed by atoms with van der Waals surface area (Å²) in [5.74, 6) is 0.210. The first kappa shape index (κ1) is 13.8. The zero-order valence-electron chi connectivity index (χ0n) is 11.7. The lowest BCUT2D eigenvalue weighted by molar-refractivity contribution is -0.144. The predicted molar refractivity (Wildman–Crippen MR) is 71.2 cm³/mol. The second-order valence-corrected chi connectivity index (χ2v) is 6.16. The second kappa shape index (κ2) is 5.57. The van der Waals surface area contributed by atoms with Crippen molar-refractivity contribution in [3.8, 4) is 0 Å². The first-order valence-electron chi connectivity index (χ1n) is 7.21. The highest BCUT2D eigenvalue weighted by Crippen LogP contribution is 2.29. The van der Waals surface area contributed by atoms with Crippen LogP contribution in [0.25, 0.3) is 0 Å². The third-order valence-corrected chi connectivity index (χ3v) is 4.12. The quantitative estimate of drug-likeness (QED) is 0.815. The molecule has 1 aliphatic carbocycles. The van der Waals surface area contributed by atoms with E-state index in [4.69, 9.17) is 10.5 Å². The van der Waals surface area contributed by atoms with Gasteiger partial charge in [-0.2, -0.15) is 0 Å². The molecule has 2 fully saturated rings. The third-order valence-electron chi connectivity index (χ3n) is 4.12. The Balaban J connectivity index is 1.90. The zero-order valence-corrected chi connectivity index (χ0v) is 11.7. The van der Waals surface area contributed by atoms with E-state index in [0.717, 1.165) is 12.8 Å². The van der Waals surface area contributed by atoms with Crippen molar-refractivity contribution >= 4 is 5.91 Å². The Labute approximate surface area is 110 Å². The molecule has 18 heavy (non-hydrogen) atoms. The second-order valence-electron chi connectivity index (χ2n) is 6.16. The number of morpholine rings is 1. The normalized spacial score (nSPS) is 32.3. The molecular formula is C14H26N2O2. The molecule has 0 aromatic carbocycles. The number of amides is 1. The van der Waals surface area contributed by atoms with Crippen molar-refractivity contribution in [1.29, 1.82) is 0 Å². The van der Waals surface area contributed by atoms with E-state index in [1.54, 1.807) is 0 Å². The van der Waals surface area contributed by atoms with Gasteiger partial charge in [-0.05, 0) is 26.7 Å². The van der Waals surface area contributed by atoms with Crippen LogP contribution in [0.4, 0.5) is 0 Å². The van der Waals surface area contributed by atoms with Gasteiger partial charge < -0.3 is 15.4 Å². The fraction of sp³-hybridized carbons (Fsp3) is 0.929. The number of hydrogen-bond donors (Lipinski definition) is 1. The number of ether oxygens (including phenoxy) is 1. The highest BCUT2D eigenvalue weighted by Gasteiger charge is 2.33. The van der Waals surface area contributed by atoms with E-state index in [1.807, 2.05) is 18.7 Å². The van der Waals surface area contributed by atoms with E-state index in [0.29, 0.717) is 19.5 Å². The molecule has 1 aliphatic heterocycles. The average Bonchev–Trinajstić information content (AvgIpc) is 2.28. The molecule has 0 bridgehead atoms. The van der Waals surface area contributed by atoms with Gasteiger partial charge in [0.25, 0.3) is 0 Å². The molecular weight excluding hydrogens is 228 g/mol. The van der Waals surface area contributed by atoms with Gasteiger partial charge in [-0.3, -0.25) is 4.79 Å². The fourth-order valence-electron chi connectivity index (χ4n) is 3.23. The number of hydrogen-bond acceptors (Lipinski definition) is 3. The summed E-state index contributed by atoms with van der Waals surface area (Å²) >= 11 is 0. The van der Waals surface area contributed by atoms with Crippen molar-refractivity contribution in [1.82, 2.24) is 4.90 Å². The summed E-state index contributed by atoms with van der Waals surface area (Å²) in [6.07, 6.45) is 6.36.